The molecule has 0 saturated carbocycles. The van der Waals surface area contributed by atoms with Gasteiger partial charge in [-0.1, -0.05) is 6.07 Å². The highest BCUT2D eigenvalue weighted by atomic mass is 127. The van der Waals surface area contributed by atoms with E-state index in [1.807, 2.05) is 12.1 Å². The van der Waals surface area contributed by atoms with Crippen LogP contribution in [-0.4, -0.2) is 0 Å². The molecule has 0 N–H and O–H groups in total. The lowest BCUT2D eigenvalue weighted by Gasteiger charge is -1.95. The zero-order valence-corrected chi connectivity index (χ0v) is 9.70. The summed E-state index contributed by atoms with van der Waals surface area (Å²) in [5, 5.41) is 0. The monoisotopic (exact) mass is 360 g/mol. The molecule has 48 valence electrons. The van der Waals surface area contributed by atoms with E-state index in [2.05, 4.69) is 60.5 Å². The van der Waals surface area contributed by atoms with Crippen molar-refractivity contribution in [3.05, 3.63) is 30.7 Å². The Balaban J connectivity index is 3.25. The van der Waals surface area contributed by atoms with Crippen LogP contribution in [0.5, 0.6) is 0 Å². The topological polar surface area (TPSA) is 0 Å². The van der Waals surface area contributed by atoms with E-state index in [-0.39, 0.29) is 0 Å². The van der Waals surface area contributed by atoms with Crippen molar-refractivity contribution in [1.82, 2.24) is 0 Å². The van der Waals surface area contributed by atoms with Crippen molar-refractivity contribution in [1.29, 1.82) is 0 Å². The number of hydrogen-bond acceptors (Lipinski definition) is 0. The summed E-state index contributed by atoms with van der Waals surface area (Å²) in [5.41, 5.74) is 0. The summed E-state index contributed by atoms with van der Waals surface area (Å²) in [6, 6.07) is 6.07. The van der Waals surface area contributed by atoms with Gasteiger partial charge in [-0.2, -0.15) is 0 Å². The van der Waals surface area contributed by atoms with Crippen molar-refractivity contribution in [3.8, 4) is 0 Å². The van der Waals surface area contributed by atoms with E-state index in [0.717, 1.165) is 8.95 Å². The van der Waals surface area contributed by atoms with Gasteiger partial charge in [0.1, 0.15) is 0 Å². The predicted molar refractivity (Wildman–Crippen MR) is 54.6 cm³/mol. The van der Waals surface area contributed by atoms with Gasteiger partial charge in [-0.25, -0.2) is 0 Å². The van der Waals surface area contributed by atoms with Crippen LogP contribution in [0.1, 0.15) is 0 Å². The summed E-state index contributed by atoms with van der Waals surface area (Å²) in [6.07, 6.45) is 0. The maximum absolute atomic E-state index is 3.42. The Bertz CT molecular complexity index is 202. The molecule has 0 fully saturated rings. The molecule has 9 heavy (non-hydrogen) atoms. The van der Waals surface area contributed by atoms with Gasteiger partial charge in [0, 0.05) is 12.5 Å². The van der Waals surface area contributed by atoms with Crippen LogP contribution in [0.15, 0.2) is 27.1 Å². The van der Waals surface area contributed by atoms with Crippen LogP contribution in [0.3, 0.4) is 0 Å². The molecule has 3 heteroatoms. The predicted octanol–water partition coefficient (Wildman–Crippen LogP) is 3.82. The molecule has 0 nitrogen and oxygen atoms in total. The zero-order valence-electron chi connectivity index (χ0n) is 4.37. The molecule has 0 aliphatic rings. The van der Waals surface area contributed by atoms with Gasteiger partial charge in [-0.15, -0.1) is 0 Å². The summed E-state index contributed by atoms with van der Waals surface area (Å²) < 4.78 is 3.46. The van der Waals surface area contributed by atoms with Gasteiger partial charge in [0.15, 0.2) is 0 Å². The van der Waals surface area contributed by atoms with Crippen molar-refractivity contribution in [2.75, 3.05) is 0 Å². The summed E-state index contributed by atoms with van der Waals surface area (Å²) in [6.45, 7) is 0. The second-order valence-corrected chi connectivity index (χ2v) is 4.35. The van der Waals surface area contributed by atoms with E-state index >= 15 is 0 Å². The first-order valence-electron chi connectivity index (χ1n) is 2.31. The Hall–Kier alpha value is 0.910. The van der Waals surface area contributed by atoms with Gasteiger partial charge in [-0.05, 0) is 66.6 Å². The molecule has 1 aromatic carbocycles. The zero-order chi connectivity index (χ0) is 6.85. The second kappa shape index (κ2) is 3.34. The van der Waals surface area contributed by atoms with Gasteiger partial charge in [-0.3, -0.25) is 0 Å². The highest BCUT2D eigenvalue weighted by Crippen LogP contribution is 2.27. The van der Waals surface area contributed by atoms with E-state index in [0.29, 0.717) is 0 Å². The van der Waals surface area contributed by atoms with Gasteiger partial charge < -0.3 is 0 Å². The Morgan fingerprint density at radius 2 is 1.89 bits per heavy atom. The third-order valence-electron chi connectivity index (χ3n) is 0.904. The molecule has 0 saturated heterocycles. The minimum Gasteiger partial charge on any atom is -0.0600 e. The lowest BCUT2D eigenvalue weighted by atomic mass is 10.4. The highest BCUT2D eigenvalue weighted by Gasteiger charge is 1.97. The summed E-state index contributed by atoms with van der Waals surface area (Å²) >= 11 is 9.09. The van der Waals surface area contributed by atoms with Gasteiger partial charge in [0.25, 0.3) is 0 Å². The fourth-order valence-corrected chi connectivity index (χ4v) is 1.98. The molecule has 0 unspecified atom stereocenters. The smallest absolute Gasteiger partial charge is 0.0450 e. The van der Waals surface area contributed by atoms with Crippen LogP contribution in [0.4, 0.5) is 0 Å². The number of rotatable bonds is 0. The fourth-order valence-electron chi connectivity index (χ4n) is 0.477. The van der Waals surface area contributed by atoms with Crippen molar-refractivity contribution < 1.29 is 0 Å². The molecule has 0 amide bonds. The number of hydrogen-bond donors (Lipinski definition) is 0. The molecular formula is C6H3Br2I. The maximum Gasteiger partial charge on any atom is 0.0450 e. The average Bonchev–Trinajstić information content (AvgIpc) is 1.83. The Morgan fingerprint density at radius 1 is 1.22 bits per heavy atom. The Kier molecular flexibility index (Phi) is 2.98. The number of halogens is 3. The van der Waals surface area contributed by atoms with E-state index in [1.54, 1.807) is 0 Å². The number of benzene rings is 1. The van der Waals surface area contributed by atoms with Crippen LogP contribution in [0, 0.1) is 3.57 Å². The summed E-state index contributed by atoms with van der Waals surface area (Å²) in [7, 11) is 0. The van der Waals surface area contributed by atoms with Crippen molar-refractivity contribution >= 4 is 54.5 Å². The minimum atomic E-state index is 1.11. The Morgan fingerprint density at radius 3 is 2.33 bits per heavy atom. The van der Waals surface area contributed by atoms with Crippen LogP contribution >= 0.6 is 54.5 Å². The third kappa shape index (κ3) is 1.91. The first kappa shape index (κ1) is 8.01. The van der Waals surface area contributed by atoms with Crippen molar-refractivity contribution in [3.63, 3.8) is 0 Å². The lowest BCUT2D eigenvalue weighted by molar-refractivity contribution is 1.54. The maximum atomic E-state index is 3.42. The van der Waals surface area contributed by atoms with Gasteiger partial charge >= 0.3 is 0 Å². The van der Waals surface area contributed by atoms with Gasteiger partial charge in [0.2, 0.25) is 0 Å². The molecule has 0 bridgehead atoms. The van der Waals surface area contributed by atoms with E-state index in [1.165, 1.54) is 3.57 Å². The minimum absolute atomic E-state index is 1.11. The molecule has 0 spiro atoms. The standard InChI is InChI=1S/C6H3Br2I/c7-4-2-1-3-5(9)6(4)8/h1-3H. The van der Waals surface area contributed by atoms with E-state index in [4.69, 9.17) is 0 Å². The molecule has 0 heterocycles. The normalized spacial score (nSPS) is 9.67. The Labute approximate surface area is 84.4 Å². The molecule has 0 radical (unpaired) electrons. The van der Waals surface area contributed by atoms with Crippen LogP contribution in [0.25, 0.3) is 0 Å². The molecular weight excluding hydrogens is 359 g/mol. The van der Waals surface area contributed by atoms with Crippen LogP contribution in [0.2, 0.25) is 0 Å². The molecule has 0 aromatic heterocycles. The summed E-state index contributed by atoms with van der Waals surface area (Å²) in [5.74, 6) is 0. The molecule has 0 atom stereocenters. The van der Waals surface area contributed by atoms with Crippen LogP contribution in [-0.2, 0) is 0 Å². The highest BCUT2D eigenvalue weighted by molar-refractivity contribution is 14.1. The van der Waals surface area contributed by atoms with Crippen molar-refractivity contribution in [2.45, 2.75) is 0 Å². The molecule has 1 aromatic rings. The fraction of sp³-hybridized carbons (Fsp3) is 0. The van der Waals surface area contributed by atoms with Crippen LogP contribution < -0.4 is 0 Å². The second-order valence-electron chi connectivity index (χ2n) is 1.54. The molecule has 1 rings (SSSR count). The lowest BCUT2D eigenvalue weighted by Crippen LogP contribution is -1.73. The first-order chi connectivity index (χ1) is 4.22. The quantitative estimate of drug-likeness (QED) is 0.487. The average molecular weight is 362 g/mol. The largest absolute Gasteiger partial charge is 0.0600 e. The van der Waals surface area contributed by atoms with E-state index < -0.39 is 0 Å². The summed E-state index contributed by atoms with van der Waals surface area (Å²) in [4.78, 5) is 0. The molecule has 0 aliphatic heterocycles. The SMILES string of the molecule is Brc1cccc(I)c1Br. The van der Waals surface area contributed by atoms with Gasteiger partial charge in [0.05, 0.1) is 0 Å². The van der Waals surface area contributed by atoms with Crippen molar-refractivity contribution in [2.24, 2.45) is 0 Å². The third-order valence-corrected chi connectivity index (χ3v) is 4.59. The van der Waals surface area contributed by atoms with E-state index in [9.17, 15) is 0 Å². The molecule has 0 aliphatic carbocycles. The first-order valence-corrected chi connectivity index (χ1v) is 4.98.